The molecule has 0 saturated carbocycles. The van der Waals surface area contributed by atoms with Gasteiger partial charge in [-0.05, 0) is 23.6 Å². The molecule has 0 bridgehead atoms. The fourth-order valence-electron chi connectivity index (χ4n) is 2.23. The number of halogens is 1. The Hall–Kier alpha value is -2.40. The number of nitro groups is 1. The zero-order valence-electron chi connectivity index (χ0n) is 12.7. The number of benzene rings is 2. The summed E-state index contributed by atoms with van der Waals surface area (Å²) in [5.41, 5.74) is 1.63. The molecule has 0 aliphatic heterocycles. The summed E-state index contributed by atoms with van der Waals surface area (Å²) in [4.78, 5) is 24.1. The molecule has 0 spiro atoms. The molecule has 0 N–H and O–H groups in total. The molecule has 0 aliphatic carbocycles. The molecule has 0 atom stereocenters. The molecule has 0 fully saturated rings. The maximum atomic E-state index is 12.2. The van der Waals surface area contributed by atoms with E-state index in [2.05, 4.69) is 0 Å². The summed E-state index contributed by atoms with van der Waals surface area (Å²) >= 11 is 6.06. The van der Waals surface area contributed by atoms with Gasteiger partial charge >= 0.3 is 0 Å². The van der Waals surface area contributed by atoms with E-state index < -0.39 is 4.92 Å². The van der Waals surface area contributed by atoms with Gasteiger partial charge in [-0.3, -0.25) is 14.9 Å². The van der Waals surface area contributed by atoms with Gasteiger partial charge in [0.1, 0.15) is 0 Å². The molecular formula is C17H17ClN2O3. The SMILES string of the molecule is CN(Cc1cc([N+](=O)[O-])ccc1Cl)C(=O)CCc1ccccc1. The molecule has 0 heterocycles. The van der Waals surface area contributed by atoms with Gasteiger partial charge in [-0.2, -0.15) is 0 Å². The minimum atomic E-state index is -0.475. The molecule has 0 saturated heterocycles. The molecule has 2 rings (SSSR count). The first-order chi connectivity index (χ1) is 11.0. The van der Waals surface area contributed by atoms with Crippen LogP contribution in [0.3, 0.4) is 0 Å². The lowest BCUT2D eigenvalue weighted by Gasteiger charge is -2.18. The van der Waals surface area contributed by atoms with Crippen molar-refractivity contribution < 1.29 is 9.72 Å². The minimum absolute atomic E-state index is 0.0311. The molecule has 23 heavy (non-hydrogen) atoms. The molecule has 6 heteroatoms. The first kappa shape index (κ1) is 17.0. The average Bonchev–Trinajstić information content (AvgIpc) is 2.55. The quantitative estimate of drug-likeness (QED) is 0.596. The third kappa shape index (κ3) is 4.79. The van der Waals surface area contributed by atoms with Gasteiger partial charge < -0.3 is 4.90 Å². The van der Waals surface area contributed by atoms with Crippen LogP contribution >= 0.6 is 11.6 Å². The third-order valence-corrected chi connectivity index (χ3v) is 3.91. The van der Waals surface area contributed by atoms with Gasteiger partial charge in [0.05, 0.1) is 4.92 Å². The number of hydrogen-bond donors (Lipinski definition) is 0. The Bertz CT molecular complexity index is 704. The zero-order valence-corrected chi connectivity index (χ0v) is 13.5. The van der Waals surface area contributed by atoms with E-state index in [0.717, 1.165) is 5.56 Å². The number of nitro benzene ring substituents is 1. The highest BCUT2D eigenvalue weighted by Gasteiger charge is 2.14. The summed E-state index contributed by atoms with van der Waals surface area (Å²) in [5, 5.41) is 11.2. The van der Waals surface area contributed by atoms with E-state index in [9.17, 15) is 14.9 Å². The Kier molecular flexibility index (Phi) is 5.71. The Morgan fingerprint density at radius 1 is 1.22 bits per heavy atom. The van der Waals surface area contributed by atoms with Crippen molar-refractivity contribution >= 4 is 23.2 Å². The molecule has 1 amide bonds. The maximum absolute atomic E-state index is 12.2. The maximum Gasteiger partial charge on any atom is 0.269 e. The van der Waals surface area contributed by atoms with Crippen molar-refractivity contribution in [3.63, 3.8) is 0 Å². The number of rotatable bonds is 6. The van der Waals surface area contributed by atoms with Gasteiger partial charge in [-0.1, -0.05) is 41.9 Å². The largest absolute Gasteiger partial charge is 0.341 e. The fourth-order valence-corrected chi connectivity index (χ4v) is 2.40. The zero-order chi connectivity index (χ0) is 16.8. The second kappa shape index (κ2) is 7.74. The van der Waals surface area contributed by atoms with Gasteiger partial charge in [0.15, 0.2) is 0 Å². The van der Waals surface area contributed by atoms with E-state index >= 15 is 0 Å². The van der Waals surface area contributed by atoms with Crippen molar-refractivity contribution in [3.05, 3.63) is 74.8 Å². The molecule has 2 aromatic carbocycles. The number of amides is 1. The number of hydrogen-bond acceptors (Lipinski definition) is 3. The Morgan fingerprint density at radius 3 is 2.57 bits per heavy atom. The third-order valence-electron chi connectivity index (χ3n) is 3.54. The first-order valence-corrected chi connectivity index (χ1v) is 7.56. The number of carbonyl (C=O) groups excluding carboxylic acids is 1. The van der Waals surface area contributed by atoms with Crippen LogP contribution in [-0.2, 0) is 17.8 Å². The lowest BCUT2D eigenvalue weighted by Crippen LogP contribution is -2.26. The Morgan fingerprint density at radius 2 is 1.91 bits per heavy atom. The van der Waals surface area contributed by atoms with Crippen LogP contribution < -0.4 is 0 Å². The summed E-state index contributed by atoms with van der Waals surface area (Å²) in [5.74, 6) is -0.0311. The van der Waals surface area contributed by atoms with E-state index in [4.69, 9.17) is 11.6 Å². The monoisotopic (exact) mass is 332 g/mol. The second-order valence-electron chi connectivity index (χ2n) is 5.27. The number of aryl methyl sites for hydroxylation is 1. The van der Waals surface area contributed by atoms with Crippen molar-refractivity contribution in [2.24, 2.45) is 0 Å². The van der Waals surface area contributed by atoms with Gasteiger partial charge in [0.2, 0.25) is 5.91 Å². The van der Waals surface area contributed by atoms with E-state index in [0.29, 0.717) is 23.4 Å². The van der Waals surface area contributed by atoms with Crippen LogP contribution in [0, 0.1) is 10.1 Å². The molecular weight excluding hydrogens is 316 g/mol. The van der Waals surface area contributed by atoms with Crippen LogP contribution in [0.2, 0.25) is 5.02 Å². The molecule has 0 radical (unpaired) electrons. The minimum Gasteiger partial charge on any atom is -0.341 e. The Balaban J connectivity index is 1.98. The highest BCUT2D eigenvalue weighted by Crippen LogP contribution is 2.23. The highest BCUT2D eigenvalue weighted by atomic mass is 35.5. The summed E-state index contributed by atoms with van der Waals surface area (Å²) in [7, 11) is 1.67. The van der Waals surface area contributed by atoms with Crippen molar-refractivity contribution in [3.8, 4) is 0 Å². The predicted octanol–water partition coefficient (Wildman–Crippen LogP) is 3.84. The number of carbonyl (C=O) groups is 1. The summed E-state index contributed by atoms with van der Waals surface area (Å²) in [6.07, 6.45) is 1.04. The van der Waals surface area contributed by atoms with E-state index in [1.165, 1.54) is 23.1 Å². The molecule has 120 valence electrons. The fraction of sp³-hybridized carbons (Fsp3) is 0.235. The first-order valence-electron chi connectivity index (χ1n) is 7.18. The smallest absolute Gasteiger partial charge is 0.269 e. The van der Waals surface area contributed by atoms with E-state index in [1.807, 2.05) is 30.3 Å². The van der Waals surface area contributed by atoms with Crippen molar-refractivity contribution in [2.75, 3.05) is 7.05 Å². The molecule has 2 aromatic rings. The predicted molar refractivity (Wildman–Crippen MR) is 89.3 cm³/mol. The van der Waals surface area contributed by atoms with Crippen LogP contribution in [0.25, 0.3) is 0 Å². The van der Waals surface area contributed by atoms with Gasteiger partial charge in [0, 0.05) is 37.2 Å². The van der Waals surface area contributed by atoms with Crippen molar-refractivity contribution in [1.29, 1.82) is 0 Å². The number of nitrogens with zero attached hydrogens (tertiary/aromatic N) is 2. The molecule has 0 aromatic heterocycles. The highest BCUT2D eigenvalue weighted by molar-refractivity contribution is 6.31. The number of non-ortho nitro benzene ring substituents is 1. The molecule has 0 unspecified atom stereocenters. The summed E-state index contributed by atoms with van der Waals surface area (Å²) < 4.78 is 0. The van der Waals surface area contributed by atoms with Crippen LogP contribution in [0.4, 0.5) is 5.69 Å². The summed E-state index contributed by atoms with van der Waals surface area (Å²) in [6.45, 7) is 0.244. The second-order valence-corrected chi connectivity index (χ2v) is 5.68. The van der Waals surface area contributed by atoms with E-state index in [1.54, 1.807) is 7.05 Å². The average molecular weight is 333 g/mol. The van der Waals surface area contributed by atoms with Crippen LogP contribution in [0.5, 0.6) is 0 Å². The standard InChI is InChI=1S/C17H17ClN2O3/c1-19(17(21)10-7-13-5-3-2-4-6-13)12-14-11-15(20(22)23)8-9-16(14)18/h2-6,8-9,11H,7,10,12H2,1H3. The van der Waals surface area contributed by atoms with E-state index in [-0.39, 0.29) is 18.1 Å². The van der Waals surface area contributed by atoms with Crippen molar-refractivity contribution in [2.45, 2.75) is 19.4 Å². The molecule has 5 nitrogen and oxygen atoms in total. The van der Waals surface area contributed by atoms with Gasteiger partial charge in [0.25, 0.3) is 5.69 Å². The lowest BCUT2D eigenvalue weighted by molar-refractivity contribution is -0.384. The normalized spacial score (nSPS) is 10.3. The van der Waals surface area contributed by atoms with Gasteiger partial charge in [-0.25, -0.2) is 0 Å². The topological polar surface area (TPSA) is 63.4 Å². The summed E-state index contributed by atoms with van der Waals surface area (Å²) in [6, 6.07) is 14.0. The Labute approximate surface area is 139 Å². The molecule has 0 aliphatic rings. The van der Waals surface area contributed by atoms with Crippen LogP contribution in [0.15, 0.2) is 48.5 Å². The van der Waals surface area contributed by atoms with Crippen molar-refractivity contribution in [1.82, 2.24) is 4.90 Å². The lowest BCUT2D eigenvalue weighted by atomic mass is 10.1. The van der Waals surface area contributed by atoms with Crippen LogP contribution in [-0.4, -0.2) is 22.8 Å². The van der Waals surface area contributed by atoms with Crippen LogP contribution in [0.1, 0.15) is 17.5 Å². The van der Waals surface area contributed by atoms with Gasteiger partial charge in [-0.15, -0.1) is 0 Å².